The molecule has 5 nitrogen and oxygen atoms in total. The van der Waals surface area contributed by atoms with E-state index in [1.54, 1.807) is 6.20 Å². The normalized spacial score (nSPS) is 17.6. The molecule has 0 bridgehead atoms. The Morgan fingerprint density at radius 3 is 2.94 bits per heavy atom. The van der Waals surface area contributed by atoms with Crippen molar-refractivity contribution in [3.05, 3.63) is 36.0 Å². The van der Waals surface area contributed by atoms with Gasteiger partial charge in [-0.1, -0.05) is 5.21 Å². The van der Waals surface area contributed by atoms with Crippen LogP contribution < -0.4 is 0 Å². The van der Waals surface area contributed by atoms with Gasteiger partial charge in [-0.2, -0.15) is 0 Å². The number of hydrogen-bond acceptors (Lipinski definition) is 4. The summed E-state index contributed by atoms with van der Waals surface area (Å²) < 4.78 is 7.46. The van der Waals surface area contributed by atoms with Crippen LogP contribution in [0.1, 0.15) is 17.6 Å². The molecule has 0 radical (unpaired) electrons. The van der Waals surface area contributed by atoms with E-state index in [1.807, 2.05) is 29.9 Å². The first-order valence-electron chi connectivity index (χ1n) is 5.45. The Balaban J connectivity index is 1.54. The Hall–Kier alpha value is -1.62. The highest BCUT2D eigenvalue weighted by Crippen LogP contribution is 2.22. The number of likely N-dealkylation sites (tertiary alicyclic amines) is 1. The summed E-state index contributed by atoms with van der Waals surface area (Å²) in [6.07, 6.45) is 3.64. The molecule has 1 aliphatic rings. The molecular formula is C11H14N4O. The van der Waals surface area contributed by atoms with Gasteiger partial charge in [0.05, 0.1) is 18.8 Å². The summed E-state index contributed by atoms with van der Waals surface area (Å²) in [6, 6.07) is 4.51. The highest BCUT2D eigenvalue weighted by Gasteiger charge is 2.29. The monoisotopic (exact) mass is 218 g/mol. The van der Waals surface area contributed by atoms with E-state index in [2.05, 4.69) is 15.2 Å². The topological polar surface area (TPSA) is 47.1 Å². The lowest BCUT2D eigenvalue weighted by Gasteiger charge is -2.38. The fourth-order valence-corrected chi connectivity index (χ4v) is 2.04. The van der Waals surface area contributed by atoms with Gasteiger partial charge in [-0.3, -0.25) is 4.90 Å². The quantitative estimate of drug-likeness (QED) is 0.777. The summed E-state index contributed by atoms with van der Waals surface area (Å²) in [6.45, 7) is 4.89. The van der Waals surface area contributed by atoms with E-state index in [4.69, 9.17) is 4.42 Å². The zero-order chi connectivity index (χ0) is 11.0. The van der Waals surface area contributed by atoms with Crippen molar-refractivity contribution in [1.29, 1.82) is 0 Å². The minimum atomic E-state index is 0.471. The number of furan rings is 1. The average molecular weight is 218 g/mol. The van der Waals surface area contributed by atoms with Gasteiger partial charge in [0.1, 0.15) is 11.5 Å². The third-order valence-electron chi connectivity index (χ3n) is 2.93. The van der Waals surface area contributed by atoms with Crippen LogP contribution >= 0.6 is 0 Å². The van der Waals surface area contributed by atoms with E-state index in [-0.39, 0.29) is 0 Å². The molecule has 3 rings (SSSR count). The van der Waals surface area contributed by atoms with Crippen LogP contribution in [0.25, 0.3) is 0 Å². The molecule has 0 aliphatic carbocycles. The third kappa shape index (κ3) is 1.74. The Morgan fingerprint density at radius 2 is 2.31 bits per heavy atom. The molecule has 2 aromatic rings. The van der Waals surface area contributed by atoms with Crippen molar-refractivity contribution in [2.24, 2.45) is 0 Å². The highest BCUT2D eigenvalue weighted by atomic mass is 16.3. The largest absolute Gasteiger partial charge is 0.465 e. The van der Waals surface area contributed by atoms with Gasteiger partial charge in [-0.25, -0.2) is 4.68 Å². The first-order chi connectivity index (χ1) is 7.81. The van der Waals surface area contributed by atoms with Gasteiger partial charge in [0, 0.05) is 19.3 Å². The lowest BCUT2D eigenvalue weighted by atomic mass is 10.1. The first kappa shape index (κ1) is 9.59. The average Bonchev–Trinajstić information content (AvgIpc) is 2.82. The fourth-order valence-electron chi connectivity index (χ4n) is 2.04. The van der Waals surface area contributed by atoms with Gasteiger partial charge in [-0.15, -0.1) is 5.10 Å². The Labute approximate surface area is 93.7 Å². The van der Waals surface area contributed by atoms with Gasteiger partial charge in [0.2, 0.25) is 0 Å². The molecule has 2 aromatic heterocycles. The van der Waals surface area contributed by atoms with E-state index in [0.717, 1.165) is 31.2 Å². The van der Waals surface area contributed by atoms with Gasteiger partial charge in [-0.05, 0) is 19.1 Å². The molecule has 5 heteroatoms. The smallest absolute Gasteiger partial charge is 0.118 e. The second-order valence-corrected chi connectivity index (χ2v) is 4.24. The van der Waals surface area contributed by atoms with Crippen LogP contribution in [0.3, 0.4) is 0 Å². The maximum absolute atomic E-state index is 5.54. The third-order valence-corrected chi connectivity index (χ3v) is 2.93. The standard InChI is InChI=1S/C11H14N4O/c1-9-2-3-11(16-9)8-14-6-10(7-14)15-5-4-12-13-15/h2-5,10H,6-8H2,1H3. The van der Waals surface area contributed by atoms with Crippen molar-refractivity contribution in [2.45, 2.75) is 19.5 Å². The molecule has 1 aliphatic heterocycles. The Bertz CT molecular complexity index is 456. The SMILES string of the molecule is Cc1ccc(CN2CC(n3ccnn3)C2)o1. The van der Waals surface area contributed by atoms with Gasteiger partial charge >= 0.3 is 0 Å². The predicted octanol–water partition coefficient (Wildman–Crippen LogP) is 1.24. The van der Waals surface area contributed by atoms with Crippen molar-refractivity contribution in [2.75, 3.05) is 13.1 Å². The molecule has 3 heterocycles. The van der Waals surface area contributed by atoms with Crippen molar-refractivity contribution >= 4 is 0 Å². The molecule has 0 saturated carbocycles. The van der Waals surface area contributed by atoms with Crippen LogP contribution in [0.15, 0.2) is 28.9 Å². The Kier molecular flexibility index (Phi) is 2.25. The minimum Gasteiger partial charge on any atom is -0.465 e. The Morgan fingerprint density at radius 1 is 1.44 bits per heavy atom. The minimum absolute atomic E-state index is 0.471. The highest BCUT2D eigenvalue weighted by molar-refractivity contribution is 5.06. The summed E-state index contributed by atoms with van der Waals surface area (Å²) in [7, 11) is 0. The van der Waals surface area contributed by atoms with Crippen molar-refractivity contribution in [3.63, 3.8) is 0 Å². The summed E-state index contributed by atoms with van der Waals surface area (Å²) in [5.41, 5.74) is 0. The van der Waals surface area contributed by atoms with Crippen LogP contribution in [0.2, 0.25) is 0 Å². The zero-order valence-corrected chi connectivity index (χ0v) is 9.21. The number of aryl methyl sites for hydroxylation is 1. The van der Waals surface area contributed by atoms with Crippen molar-refractivity contribution in [1.82, 2.24) is 19.9 Å². The van der Waals surface area contributed by atoms with Gasteiger partial charge in [0.25, 0.3) is 0 Å². The van der Waals surface area contributed by atoms with Crippen LogP contribution in [0, 0.1) is 6.92 Å². The van der Waals surface area contributed by atoms with E-state index in [1.165, 1.54) is 0 Å². The predicted molar refractivity (Wildman–Crippen MR) is 57.8 cm³/mol. The molecule has 0 atom stereocenters. The molecule has 0 spiro atoms. The summed E-state index contributed by atoms with van der Waals surface area (Å²) in [5.74, 6) is 2.01. The van der Waals surface area contributed by atoms with Gasteiger partial charge in [0.15, 0.2) is 0 Å². The molecule has 1 fully saturated rings. The molecule has 0 amide bonds. The molecular weight excluding hydrogens is 204 g/mol. The number of aromatic nitrogens is 3. The lowest BCUT2D eigenvalue weighted by molar-refractivity contribution is 0.0819. The molecule has 1 saturated heterocycles. The van der Waals surface area contributed by atoms with E-state index in [0.29, 0.717) is 6.04 Å². The zero-order valence-electron chi connectivity index (χ0n) is 9.21. The second-order valence-electron chi connectivity index (χ2n) is 4.24. The van der Waals surface area contributed by atoms with Crippen molar-refractivity contribution < 1.29 is 4.42 Å². The van der Waals surface area contributed by atoms with E-state index < -0.39 is 0 Å². The first-order valence-corrected chi connectivity index (χ1v) is 5.45. The molecule has 0 aromatic carbocycles. The van der Waals surface area contributed by atoms with Crippen LogP contribution in [0.5, 0.6) is 0 Å². The fraction of sp³-hybridized carbons (Fsp3) is 0.455. The maximum Gasteiger partial charge on any atom is 0.118 e. The molecule has 0 N–H and O–H groups in total. The van der Waals surface area contributed by atoms with Crippen LogP contribution in [-0.2, 0) is 6.54 Å². The van der Waals surface area contributed by atoms with Crippen molar-refractivity contribution in [3.8, 4) is 0 Å². The number of hydrogen-bond donors (Lipinski definition) is 0. The molecule has 0 unspecified atom stereocenters. The molecule has 16 heavy (non-hydrogen) atoms. The summed E-state index contributed by atoms with van der Waals surface area (Å²) in [5, 5.41) is 7.81. The molecule has 84 valence electrons. The summed E-state index contributed by atoms with van der Waals surface area (Å²) in [4.78, 5) is 2.34. The lowest BCUT2D eigenvalue weighted by Crippen LogP contribution is -2.47. The van der Waals surface area contributed by atoms with E-state index in [9.17, 15) is 0 Å². The van der Waals surface area contributed by atoms with Gasteiger partial charge < -0.3 is 4.42 Å². The summed E-state index contributed by atoms with van der Waals surface area (Å²) >= 11 is 0. The maximum atomic E-state index is 5.54. The van der Waals surface area contributed by atoms with Crippen LogP contribution in [0.4, 0.5) is 0 Å². The number of rotatable bonds is 3. The van der Waals surface area contributed by atoms with Crippen LogP contribution in [-0.4, -0.2) is 33.0 Å². The second kappa shape index (κ2) is 3.75. The number of nitrogens with zero attached hydrogens (tertiary/aromatic N) is 4. The van der Waals surface area contributed by atoms with E-state index >= 15 is 0 Å².